The van der Waals surface area contributed by atoms with Gasteiger partial charge in [-0.15, -0.1) is 18.3 Å². The minimum absolute atomic E-state index is 0.120. The number of nitrogens with one attached hydrogen (secondary N) is 1. The molecule has 0 amide bonds. The Morgan fingerprint density at radius 2 is 2.12 bits per heavy atom. The van der Waals surface area contributed by atoms with Crippen molar-refractivity contribution in [3.63, 3.8) is 0 Å². The van der Waals surface area contributed by atoms with Gasteiger partial charge in [-0.05, 0) is 37.5 Å². The number of aryl methyl sites for hydroxylation is 1. The number of alkyl halides is 3. The summed E-state index contributed by atoms with van der Waals surface area (Å²) in [5.41, 5.74) is 0.855. The molecule has 2 aromatic heterocycles. The number of hydrogen-bond acceptors (Lipinski definition) is 8. The van der Waals surface area contributed by atoms with Gasteiger partial charge in [0.05, 0.1) is 12.3 Å². The van der Waals surface area contributed by atoms with Crippen LogP contribution in [0.1, 0.15) is 5.69 Å². The van der Waals surface area contributed by atoms with Crippen LogP contribution >= 0.6 is 24.0 Å². The first-order valence-electron chi connectivity index (χ1n) is 10.2. The van der Waals surface area contributed by atoms with Crippen molar-refractivity contribution in [3.8, 4) is 11.6 Å². The molecule has 14 heteroatoms. The number of rotatable bonds is 6. The van der Waals surface area contributed by atoms with Crippen molar-refractivity contribution in [3.05, 3.63) is 36.0 Å². The third-order valence-electron chi connectivity index (χ3n) is 4.77. The largest absolute Gasteiger partial charge is 0.573 e. The fraction of sp³-hybridized carbons (Fsp3) is 0.400. The van der Waals surface area contributed by atoms with Crippen LogP contribution < -0.4 is 14.8 Å². The molecule has 0 spiro atoms. The van der Waals surface area contributed by atoms with Gasteiger partial charge < -0.3 is 24.4 Å². The number of halogens is 3. The van der Waals surface area contributed by atoms with Crippen LogP contribution in [-0.4, -0.2) is 74.6 Å². The van der Waals surface area contributed by atoms with E-state index in [0.717, 1.165) is 5.69 Å². The molecule has 1 saturated heterocycles. The number of thiocarbonyl (C=S) groups is 1. The first-order valence-corrected chi connectivity index (χ1v) is 11.8. The second-order valence-electron chi connectivity index (χ2n) is 7.27. The Bertz CT molecular complexity index is 1180. The van der Waals surface area contributed by atoms with E-state index in [1.807, 2.05) is 18.1 Å². The van der Waals surface area contributed by atoms with Gasteiger partial charge in [0, 0.05) is 24.8 Å². The fourth-order valence-corrected chi connectivity index (χ4v) is 3.90. The van der Waals surface area contributed by atoms with Crippen LogP contribution in [-0.2, 0) is 4.74 Å². The predicted molar refractivity (Wildman–Crippen MR) is 123 cm³/mol. The Balaban J connectivity index is 1.39. The number of thioether (sulfide) groups is 1. The van der Waals surface area contributed by atoms with Gasteiger partial charge in [0.25, 0.3) is 5.78 Å². The topological polar surface area (TPSA) is 86.0 Å². The summed E-state index contributed by atoms with van der Waals surface area (Å²) in [4.78, 5) is 10.5. The molecular formula is C20H21F3N6O3S2. The molecule has 3 heterocycles. The lowest BCUT2D eigenvalue weighted by Gasteiger charge is -2.34. The number of nitrogens with zero attached hydrogens (tertiary/aromatic N) is 5. The van der Waals surface area contributed by atoms with E-state index in [4.69, 9.17) is 21.7 Å². The lowest BCUT2D eigenvalue weighted by atomic mass is 10.3. The van der Waals surface area contributed by atoms with Gasteiger partial charge in [0.2, 0.25) is 11.0 Å². The lowest BCUT2D eigenvalue weighted by molar-refractivity contribution is -0.274. The number of aromatic nitrogens is 4. The van der Waals surface area contributed by atoms with E-state index in [2.05, 4.69) is 25.1 Å². The van der Waals surface area contributed by atoms with Crippen molar-refractivity contribution in [2.75, 3.05) is 37.9 Å². The minimum Gasteiger partial charge on any atom is -0.475 e. The summed E-state index contributed by atoms with van der Waals surface area (Å²) in [5.74, 6) is 0.561. The van der Waals surface area contributed by atoms with Crippen LogP contribution in [0.4, 0.5) is 18.9 Å². The maximum atomic E-state index is 12.7. The second kappa shape index (κ2) is 10.2. The molecule has 1 aliphatic rings. The van der Waals surface area contributed by atoms with Gasteiger partial charge in [0.15, 0.2) is 10.9 Å². The Morgan fingerprint density at radius 3 is 2.88 bits per heavy atom. The highest BCUT2D eigenvalue weighted by Crippen LogP contribution is 2.30. The maximum Gasteiger partial charge on any atom is 0.573 e. The van der Waals surface area contributed by atoms with Crippen molar-refractivity contribution in [1.82, 2.24) is 24.5 Å². The first-order chi connectivity index (χ1) is 16.2. The van der Waals surface area contributed by atoms with E-state index < -0.39 is 6.36 Å². The molecule has 0 saturated carbocycles. The fourth-order valence-electron chi connectivity index (χ4n) is 3.29. The number of fused-ring (bicyclic) bond motifs is 1. The molecule has 1 N–H and O–H groups in total. The van der Waals surface area contributed by atoms with Crippen molar-refractivity contribution in [1.29, 1.82) is 0 Å². The van der Waals surface area contributed by atoms with Gasteiger partial charge >= 0.3 is 6.36 Å². The van der Waals surface area contributed by atoms with Crippen molar-refractivity contribution >= 4 is 40.6 Å². The molecule has 0 aliphatic carbocycles. The normalized spacial score (nSPS) is 16.5. The Morgan fingerprint density at radius 1 is 1.32 bits per heavy atom. The number of hydrogen-bond donors (Lipinski definition) is 1. The van der Waals surface area contributed by atoms with Gasteiger partial charge in [-0.2, -0.15) is 9.50 Å². The zero-order chi connectivity index (χ0) is 24.3. The molecule has 182 valence electrons. The standard InChI is InChI=1S/C20H21F3N6O3S2/c1-12-9-16(29-17(24-12)26-18(27-29)34-2)31-11-13-10-28(7-8-30-13)19(33)25-14-5-3-4-6-15(14)32-20(21,22)23/h3-6,9,13H,7-8,10-11H2,1-2H3,(H,25,33). The van der Waals surface area contributed by atoms with E-state index in [0.29, 0.717) is 36.5 Å². The summed E-state index contributed by atoms with van der Waals surface area (Å²) in [6.45, 7) is 3.28. The number of benzene rings is 1. The summed E-state index contributed by atoms with van der Waals surface area (Å²) >= 11 is 6.83. The molecule has 0 bridgehead atoms. The lowest BCUT2D eigenvalue weighted by Crippen LogP contribution is -2.49. The highest BCUT2D eigenvalue weighted by atomic mass is 32.2. The SMILES string of the molecule is CSc1nc2nc(C)cc(OCC3CN(C(=S)Nc4ccccc4OC(F)(F)F)CCO3)n2n1. The number of anilines is 1. The highest BCUT2D eigenvalue weighted by molar-refractivity contribution is 7.98. The predicted octanol–water partition coefficient (Wildman–Crippen LogP) is 3.53. The highest BCUT2D eigenvalue weighted by Gasteiger charge is 2.32. The number of morpholine rings is 1. The minimum atomic E-state index is -4.81. The second-order valence-corrected chi connectivity index (χ2v) is 8.43. The summed E-state index contributed by atoms with van der Waals surface area (Å²) in [5, 5.41) is 8.04. The Kier molecular flexibility index (Phi) is 7.28. The average molecular weight is 515 g/mol. The molecule has 34 heavy (non-hydrogen) atoms. The summed E-state index contributed by atoms with van der Waals surface area (Å²) in [6, 6.07) is 7.49. The molecular weight excluding hydrogens is 493 g/mol. The Labute approximate surface area is 202 Å². The first kappa shape index (κ1) is 24.3. The monoisotopic (exact) mass is 514 g/mol. The zero-order valence-corrected chi connectivity index (χ0v) is 19.8. The zero-order valence-electron chi connectivity index (χ0n) is 18.2. The van der Waals surface area contributed by atoms with Crippen molar-refractivity contribution in [2.45, 2.75) is 24.5 Å². The van der Waals surface area contributed by atoms with E-state index in [-0.39, 0.29) is 29.3 Å². The third-order valence-corrected chi connectivity index (χ3v) is 5.67. The summed E-state index contributed by atoms with van der Waals surface area (Å²) < 4.78 is 55.5. The molecule has 3 aromatic rings. The molecule has 4 rings (SSSR count). The van der Waals surface area contributed by atoms with Crippen LogP contribution in [0.3, 0.4) is 0 Å². The third kappa shape index (κ3) is 5.98. The molecule has 1 atom stereocenters. The van der Waals surface area contributed by atoms with E-state index >= 15 is 0 Å². The number of para-hydroxylation sites is 2. The van der Waals surface area contributed by atoms with Gasteiger partial charge in [-0.1, -0.05) is 23.9 Å². The quantitative estimate of drug-likeness (QED) is 0.390. The van der Waals surface area contributed by atoms with E-state index in [1.165, 1.54) is 34.5 Å². The molecule has 1 aliphatic heterocycles. The van der Waals surface area contributed by atoms with Crippen LogP contribution in [0.25, 0.3) is 5.78 Å². The van der Waals surface area contributed by atoms with Crippen LogP contribution in [0.2, 0.25) is 0 Å². The van der Waals surface area contributed by atoms with Gasteiger partial charge in [0.1, 0.15) is 12.7 Å². The molecule has 1 unspecified atom stereocenters. The van der Waals surface area contributed by atoms with Gasteiger partial charge in [-0.3, -0.25) is 0 Å². The van der Waals surface area contributed by atoms with E-state index in [1.54, 1.807) is 12.1 Å². The van der Waals surface area contributed by atoms with Crippen molar-refractivity contribution in [2.24, 2.45) is 0 Å². The van der Waals surface area contributed by atoms with E-state index in [9.17, 15) is 13.2 Å². The maximum absolute atomic E-state index is 12.7. The summed E-state index contributed by atoms with van der Waals surface area (Å²) in [7, 11) is 0. The molecule has 9 nitrogen and oxygen atoms in total. The van der Waals surface area contributed by atoms with Crippen LogP contribution in [0.15, 0.2) is 35.5 Å². The summed E-state index contributed by atoms with van der Waals surface area (Å²) in [6.07, 6.45) is -3.27. The van der Waals surface area contributed by atoms with Crippen LogP contribution in [0.5, 0.6) is 11.6 Å². The Hall–Kier alpha value is -2.84. The van der Waals surface area contributed by atoms with Gasteiger partial charge in [-0.25, -0.2) is 4.98 Å². The van der Waals surface area contributed by atoms with Crippen LogP contribution in [0, 0.1) is 6.92 Å². The molecule has 1 fully saturated rings. The van der Waals surface area contributed by atoms with Crippen molar-refractivity contribution < 1.29 is 27.4 Å². The molecule has 0 radical (unpaired) electrons. The smallest absolute Gasteiger partial charge is 0.475 e. The molecule has 1 aromatic carbocycles. The number of ether oxygens (including phenoxy) is 3. The average Bonchev–Trinajstić information content (AvgIpc) is 3.21.